The molecular formula is C21H23NO4Si. The van der Waals surface area contributed by atoms with Crippen LogP contribution in [0.2, 0.25) is 13.1 Å². The molecule has 27 heavy (non-hydrogen) atoms. The Kier molecular flexibility index (Phi) is 6.88. The molecule has 0 saturated carbocycles. The molecule has 0 N–H and O–H groups in total. The molecule has 5 nitrogen and oxygen atoms in total. The monoisotopic (exact) mass is 381 g/mol. The van der Waals surface area contributed by atoms with Gasteiger partial charge in [-0.25, -0.2) is 0 Å². The van der Waals surface area contributed by atoms with Crippen LogP contribution in [0, 0.1) is 10.1 Å². The Labute approximate surface area is 160 Å². The quantitative estimate of drug-likeness (QED) is 0.236. The number of esters is 1. The van der Waals surface area contributed by atoms with Crippen LogP contribution in [0.15, 0.2) is 66.4 Å². The fourth-order valence-electron chi connectivity index (χ4n) is 2.86. The Bertz CT molecular complexity index is 884. The number of rotatable bonds is 7. The number of non-ortho nitro benzene ring substituents is 1. The molecule has 0 fully saturated rings. The molecule has 0 amide bonds. The van der Waals surface area contributed by atoms with E-state index >= 15 is 0 Å². The Morgan fingerprint density at radius 3 is 2.52 bits per heavy atom. The van der Waals surface area contributed by atoms with Crippen molar-refractivity contribution in [3.63, 3.8) is 0 Å². The maximum Gasteiger partial charge on any atom is 0.310 e. The van der Waals surface area contributed by atoms with Gasteiger partial charge in [0.15, 0.2) is 0 Å². The third-order valence-corrected chi connectivity index (χ3v) is 7.75. The highest BCUT2D eigenvalue weighted by molar-refractivity contribution is 7.04. The maximum atomic E-state index is 11.6. The SMILES string of the molecule is CCOC(=O)CC=C=C(c1cccc([N+](=O)[O-])c1)[Si](C)(C)c1ccccc1. The van der Waals surface area contributed by atoms with E-state index < -0.39 is 13.0 Å². The Morgan fingerprint density at radius 2 is 1.89 bits per heavy atom. The maximum absolute atomic E-state index is 11.6. The molecule has 0 unspecified atom stereocenters. The standard InChI is InChI=1S/C21H23NO4Si/c1-4-26-21(23)15-9-14-20(17-10-8-11-18(16-17)22(24)25)27(2,3)19-12-6-5-7-13-19/h5-13,16H,4,15H2,1-3H3. The molecule has 0 aliphatic heterocycles. The van der Waals surface area contributed by atoms with Crippen molar-refractivity contribution >= 4 is 30.1 Å². The number of carbonyl (C=O) groups excluding carboxylic acids is 1. The molecule has 2 aromatic carbocycles. The van der Waals surface area contributed by atoms with Gasteiger partial charge in [0.1, 0.15) is 8.07 Å². The zero-order chi connectivity index (χ0) is 19.9. The number of hydrogen-bond acceptors (Lipinski definition) is 4. The van der Waals surface area contributed by atoms with Crippen molar-refractivity contribution in [2.24, 2.45) is 0 Å². The van der Waals surface area contributed by atoms with E-state index in [-0.39, 0.29) is 18.1 Å². The average molecular weight is 382 g/mol. The number of nitro benzene ring substituents is 1. The number of nitrogens with zero attached hydrogens (tertiary/aromatic N) is 1. The van der Waals surface area contributed by atoms with E-state index in [1.54, 1.807) is 25.1 Å². The molecule has 0 bridgehead atoms. The fraction of sp³-hybridized carbons (Fsp3) is 0.238. The smallest absolute Gasteiger partial charge is 0.310 e. The van der Waals surface area contributed by atoms with Crippen molar-refractivity contribution in [1.29, 1.82) is 0 Å². The summed E-state index contributed by atoms with van der Waals surface area (Å²) < 4.78 is 4.95. The first-order valence-electron chi connectivity index (χ1n) is 8.78. The van der Waals surface area contributed by atoms with Crippen molar-refractivity contribution in [1.82, 2.24) is 0 Å². The van der Waals surface area contributed by atoms with Crippen LogP contribution in [0.4, 0.5) is 5.69 Å². The van der Waals surface area contributed by atoms with Gasteiger partial charge in [-0.2, -0.15) is 0 Å². The number of benzene rings is 2. The predicted octanol–water partition coefficient (Wildman–Crippen LogP) is 4.24. The van der Waals surface area contributed by atoms with Gasteiger partial charge in [-0.05, 0) is 23.8 Å². The van der Waals surface area contributed by atoms with E-state index in [9.17, 15) is 14.9 Å². The summed E-state index contributed by atoms with van der Waals surface area (Å²) in [4.78, 5) is 22.4. The summed E-state index contributed by atoms with van der Waals surface area (Å²) >= 11 is 0. The summed E-state index contributed by atoms with van der Waals surface area (Å²) in [5.74, 6) is -0.317. The van der Waals surface area contributed by atoms with Gasteiger partial charge < -0.3 is 4.74 Å². The van der Waals surface area contributed by atoms with Crippen LogP contribution in [-0.4, -0.2) is 25.6 Å². The topological polar surface area (TPSA) is 69.4 Å². The molecule has 140 valence electrons. The predicted molar refractivity (Wildman–Crippen MR) is 109 cm³/mol. The van der Waals surface area contributed by atoms with E-state index in [0.29, 0.717) is 6.61 Å². The molecule has 6 heteroatoms. The summed E-state index contributed by atoms with van der Waals surface area (Å²) in [5.41, 5.74) is 4.05. The molecule has 2 rings (SSSR count). The fourth-order valence-corrected chi connectivity index (χ4v) is 5.51. The largest absolute Gasteiger partial charge is 0.466 e. The van der Waals surface area contributed by atoms with Gasteiger partial charge in [-0.1, -0.05) is 60.7 Å². The van der Waals surface area contributed by atoms with Crippen molar-refractivity contribution in [3.05, 3.63) is 82.1 Å². The highest BCUT2D eigenvalue weighted by atomic mass is 28.3. The lowest BCUT2D eigenvalue weighted by atomic mass is 10.2. The first-order valence-corrected chi connectivity index (χ1v) is 11.8. The molecule has 0 radical (unpaired) electrons. The number of nitro groups is 1. The van der Waals surface area contributed by atoms with Crippen LogP contribution in [0.5, 0.6) is 0 Å². The highest BCUT2D eigenvalue weighted by Gasteiger charge is 2.30. The van der Waals surface area contributed by atoms with Gasteiger partial charge in [-0.15, -0.1) is 5.73 Å². The second kappa shape index (κ2) is 9.12. The first-order chi connectivity index (χ1) is 12.9. The molecule has 2 aromatic rings. The number of hydrogen-bond donors (Lipinski definition) is 0. The average Bonchev–Trinajstić information content (AvgIpc) is 2.66. The summed E-state index contributed by atoms with van der Waals surface area (Å²) in [5, 5.41) is 13.3. The van der Waals surface area contributed by atoms with Crippen molar-refractivity contribution in [2.45, 2.75) is 26.4 Å². The van der Waals surface area contributed by atoms with Crippen LogP contribution < -0.4 is 5.19 Å². The minimum atomic E-state index is -2.20. The van der Waals surface area contributed by atoms with E-state index in [1.807, 2.05) is 24.3 Å². The highest BCUT2D eigenvalue weighted by Crippen LogP contribution is 2.27. The Morgan fingerprint density at radius 1 is 1.19 bits per heavy atom. The Balaban J connectivity index is 2.55. The van der Waals surface area contributed by atoms with Crippen molar-refractivity contribution in [3.8, 4) is 0 Å². The lowest BCUT2D eigenvalue weighted by molar-refractivity contribution is -0.384. The molecule has 0 aliphatic rings. The Hall–Kier alpha value is -2.95. The van der Waals surface area contributed by atoms with Gasteiger partial charge in [0.25, 0.3) is 5.69 Å². The second-order valence-corrected chi connectivity index (χ2v) is 10.9. The number of ether oxygens (including phenoxy) is 1. The van der Waals surface area contributed by atoms with Gasteiger partial charge in [0.2, 0.25) is 0 Å². The normalized spacial score (nSPS) is 10.6. The third kappa shape index (κ3) is 5.26. The van der Waals surface area contributed by atoms with Crippen LogP contribution in [0.3, 0.4) is 0 Å². The molecule has 0 saturated heterocycles. The summed E-state index contributed by atoms with van der Waals surface area (Å²) in [7, 11) is -2.20. The zero-order valence-corrected chi connectivity index (χ0v) is 16.8. The zero-order valence-electron chi connectivity index (χ0n) is 15.8. The molecule has 0 aromatic heterocycles. The lowest BCUT2D eigenvalue weighted by Crippen LogP contribution is -2.42. The molecule has 0 atom stereocenters. The van der Waals surface area contributed by atoms with Crippen molar-refractivity contribution < 1.29 is 14.5 Å². The van der Waals surface area contributed by atoms with Crippen LogP contribution in [-0.2, 0) is 9.53 Å². The van der Waals surface area contributed by atoms with E-state index in [4.69, 9.17) is 4.74 Å². The minimum absolute atomic E-state index is 0.0371. The summed E-state index contributed by atoms with van der Waals surface area (Å²) in [6, 6.07) is 16.6. The van der Waals surface area contributed by atoms with Crippen LogP contribution >= 0.6 is 0 Å². The summed E-state index contributed by atoms with van der Waals surface area (Å²) in [6.45, 7) is 6.43. The van der Waals surface area contributed by atoms with Gasteiger partial charge in [-0.3, -0.25) is 14.9 Å². The lowest BCUT2D eigenvalue weighted by Gasteiger charge is -2.25. The molecule has 0 spiro atoms. The third-order valence-electron chi connectivity index (χ3n) is 4.29. The molecule has 0 heterocycles. The van der Waals surface area contributed by atoms with Gasteiger partial charge >= 0.3 is 5.97 Å². The number of carbonyl (C=O) groups is 1. The molecule has 0 aliphatic carbocycles. The van der Waals surface area contributed by atoms with Crippen LogP contribution in [0.1, 0.15) is 18.9 Å². The minimum Gasteiger partial charge on any atom is -0.466 e. The second-order valence-electron chi connectivity index (χ2n) is 6.53. The van der Waals surface area contributed by atoms with E-state index in [2.05, 4.69) is 31.0 Å². The van der Waals surface area contributed by atoms with Gasteiger partial charge in [0.05, 0.1) is 18.0 Å². The van der Waals surface area contributed by atoms with Gasteiger partial charge in [0, 0.05) is 12.1 Å². The van der Waals surface area contributed by atoms with Crippen molar-refractivity contribution in [2.75, 3.05) is 6.61 Å². The van der Waals surface area contributed by atoms with E-state index in [0.717, 1.165) is 10.8 Å². The van der Waals surface area contributed by atoms with Crippen LogP contribution in [0.25, 0.3) is 5.20 Å². The van der Waals surface area contributed by atoms with E-state index in [1.165, 1.54) is 11.3 Å². The summed E-state index contributed by atoms with van der Waals surface area (Å²) in [6.07, 6.45) is 1.77. The molecular weight excluding hydrogens is 358 g/mol. The first kappa shape index (κ1) is 20.4.